The van der Waals surface area contributed by atoms with Crippen LogP contribution in [0.3, 0.4) is 0 Å². The summed E-state index contributed by atoms with van der Waals surface area (Å²) in [6, 6.07) is 11.2. The van der Waals surface area contributed by atoms with Crippen molar-refractivity contribution in [2.24, 2.45) is 0 Å². The Labute approximate surface area is 171 Å². The predicted octanol–water partition coefficient (Wildman–Crippen LogP) is 4.01. The van der Waals surface area contributed by atoms with Crippen LogP contribution < -0.4 is 9.44 Å². The van der Waals surface area contributed by atoms with E-state index in [1.807, 2.05) is 4.72 Å². The summed E-state index contributed by atoms with van der Waals surface area (Å²) in [6.45, 7) is 1.45. The van der Waals surface area contributed by atoms with Gasteiger partial charge in [-0.2, -0.15) is 0 Å². The first kappa shape index (κ1) is 21.7. The van der Waals surface area contributed by atoms with Crippen LogP contribution in [0.5, 0.6) is 0 Å². The molecule has 0 aliphatic carbocycles. The van der Waals surface area contributed by atoms with Crippen LogP contribution in [0.15, 0.2) is 70.5 Å². The van der Waals surface area contributed by atoms with Crippen LogP contribution in [0.4, 0.5) is 24.5 Å². The summed E-state index contributed by atoms with van der Waals surface area (Å²) in [5.41, 5.74) is -0.313. The van der Waals surface area contributed by atoms with Gasteiger partial charge in [0.2, 0.25) is 0 Å². The van der Waals surface area contributed by atoms with Crippen LogP contribution in [0.25, 0.3) is 0 Å². The van der Waals surface area contributed by atoms with Gasteiger partial charge in [0.1, 0.15) is 17.5 Å². The fourth-order valence-corrected chi connectivity index (χ4v) is 5.17. The summed E-state index contributed by atoms with van der Waals surface area (Å²) in [7, 11) is -8.99. The molecule has 0 amide bonds. The molecule has 0 saturated heterocycles. The summed E-state index contributed by atoms with van der Waals surface area (Å²) in [5, 5.41) is 0. The number of rotatable bonds is 6. The molecule has 6 nitrogen and oxygen atoms in total. The first-order valence-corrected chi connectivity index (χ1v) is 11.3. The molecule has 0 aromatic heterocycles. The standard InChI is InChI=1S/C19H15F3N2O4S2/c1-12-9-10-13(23-30(27,28)19-15(21)6-4-7-16(19)22)11-18(12)29(25,26)24-17-8-3-2-5-14(17)20/h2-11,23-24H,1H3. The van der Waals surface area contributed by atoms with Crippen LogP contribution in [0.1, 0.15) is 5.56 Å². The second kappa shape index (κ2) is 8.00. The largest absolute Gasteiger partial charge is 0.279 e. The van der Waals surface area contributed by atoms with Gasteiger partial charge in [-0.1, -0.05) is 24.3 Å². The monoisotopic (exact) mass is 456 g/mol. The molecule has 0 spiro atoms. The number of benzene rings is 3. The molecule has 3 aromatic carbocycles. The number of para-hydroxylation sites is 1. The van der Waals surface area contributed by atoms with E-state index in [4.69, 9.17) is 0 Å². The molecule has 0 heterocycles. The van der Waals surface area contributed by atoms with Crippen molar-refractivity contribution in [2.45, 2.75) is 16.7 Å². The highest BCUT2D eigenvalue weighted by Crippen LogP contribution is 2.27. The van der Waals surface area contributed by atoms with Crippen molar-refractivity contribution in [3.05, 3.63) is 83.7 Å². The minimum absolute atomic E-state index is 0.235. The Balaban J connectivity index is 1.99. The van der Waals surface area contributed by atoms with Crippen LogP contribution in [0, 0.1) is 24.4 Å². The summed E-state index contributed by atoms with van der Waals surface area (Å²) in [4.78, 5) is -1.54. The van der Waals surface area contributed by atoms with Crippen molar-refractivity contribution in [3.63, 3.8) is 0 Å². The Bertz CT molecular complexity index is 1310. The average molecular weight is 456 g/mol. The SMILES string of the molecule is Cc1ccc(NS(=O)(=O)c2c(F)cccc2F)cc1S(=O)(=O)Nc1ccccc1F. The molecule has 0 fully saturated rings. The molecule has 0 aliphatic rings. The topological polar surface area (TPSA) is 92.3 Å². The Morgan fingerprint density at radius 2 is 1.30 bits per heavy atom. The molecule has 0 atom stereocenters. The molecule has 0 unspecified atom stereocenters. The van der Waals surface area contributed by atoms with Gasteiger partial charge in [0.05, 0.1) is 16.3 Å². The molecule has 0 radical (unpaired) electrons. The van der Waals surface area contributed by atoms with Gasteiger partial charge in [-0.05, 0) is 48.9 Å². The minimum Gasteiger partial charge on any atom is -0.279 e. The van der Waals surface area contributed by atoms with Crippen LogP contribution >= 0.6 is 0 Å². The maximum absolute atomic E-state index is 13.9. The van der Waals surface area contributed by atoms with Gasteiger partial charge in [0.15, 0.2) is 4.90 Å². The highest BCUT2D eigenvalue weighted by Gasteiger charge is 2.25. The third-order valence-electron chi connectivity index (χ3n) is 4.04. The van der Waals surface area contributed by atoms with Gasteiger partial charge in [0, 0.05) is 0 Å². The van der Waals surface area contributed by atoms with E-state index >= 15 is 0 Å². The molecule has 0 bridgehead atoms. The molecular weight excluding hydrogens is 441 g/mol. The zero-order valence-electron chi connectivity index (χ0n) is 15.4. The van der Waals surface area contributed by atoms with Gasteiger partial charge in [-0.15, -0.1) is 0 Å². The van der Waals surface area contributed by atoms with Crippen LogP contribution in [-0.4, -0.2) is 16.8 Å². The Hall–Kier alpha value is -3.05. The van der Waals surface area contributed by atoms with Crippen molar-refractivity contribution in [3.8, 4) is 0 Å². The predicted molar refractivity (Wildman–Crippen MR) is 106 cm³/mol. The molecular formula is C19H15F3N2O4S2. The first-order valence-electron chi connectivity index (χ1n) is 8.36. The molecule has 30 heavy (non-hydrogen) atoms. The van der Waals surface area contributed by atoms with Gasteiger partial charge in [0.25, 0.3) is 20.0 Å². The summed E-state index contributed by atoms with van der Waals surface area (Å²) in [6.07, 6.45) is 0. The summed E-state index contributed by atoms with van der Waals surface area (Å²) >= 11 is 0. The van der Waals surface area contributed by atoms with Gasteiger partial charge >= 0.3 is 0 Å². The maximum Gasteiger partial charge on any atom is 0.267 e. The second-order valence-electron chi connectivity index (χ2n) is 6.22. The summed E-state index contributed by atoms with van der Waals surface area (Å²) < 4.78 is 95.8. The Morgan fingerprint density at radius 3 is 1.93 bits per heavy atom. The summed E-state index contributed by atoms with van der Waals surface area (Å²) in [5.74, 6) is -3.40. The van der Waals surface area contributed by atoms with Gasteiger partial charge in [-0.3, -0.25) is 9.44 Å². The molecule has 3 rings (SSSR count). The highest BCUT2D eigenvalue weighted by molar-refractivity contribution is 7.93. The van der Waals surface area contributed by atoms with Crippen LogP contribution in [-0.2, 0) is 20.0 Å². The minimum atomic E-state index is -4.69. The normalized spacial score (nSPS) is 11.9. The van der Waals surface area contributed by atoms with Crippen molar-refractivity contribution >= 4 is 31.4 Å². The Kier molecular flexibility index (Phi) is 5.77. The molecule has 11 heteroatoms. The van der Waals surface area contributed by atoms with E-state index in [1.54, 1.807) is 0 Å². The number of anilines is 2. The third kappa shape index (κ3) is 4.41. The van der Waals surface area contributed by atoms with Crippen molar-refractivity contribution in [1.82, 2.24) is 0 Å². The number of halogens is 3. The van der Waals surface area contributed by atoms with Gasteiger partial charge < -0.3 is 0 Å². The van der Waals surface area contributed by atoms with E-state index in [0.717, 1.165) is 30.3 Å². The van der Waals surface area contributed by atoms with E-state index < -0.39 is 42.4 Å². The van der Waals surface area contributed by atoms with Crippen LogP contribution in [0.2, 0.25) is 0 Å². The molecule has 0 saturated carbocycles. The lowest BCUT2D eigenvalue weighted by molar-refractivity contribution is 0.521. The third-order valence-corrected chi connectivity index (χ3v) is 6.98. The van der Waals surface area contributed by atoms with E-state index in [9.17, 15) is 30.0 Å². The van der Waals surface area contributed by atoms with Crippen molar-refractivity contribution < 1.29 is 30.0 Å². The van der Waals surface area contributed by atoms with E-state index in [1.165, 1.54) is 37.3 Å². The number of sulfonamides is 2. The fraction of sp³-hybridized carbons (Fsp3) is 0.0526. The van der Waals surface area contributed by atoms with Gasteiger partial charge in [-0.25, -0.2) is 30.0 Å². The van der Waals surface area contributed by atoms with Crippen molar-refractivity contribution in [1.29, 1.82) is 0 Å². The number of hydrogen-bond acceptors (Lipinski definition) is 4. The zero-order valence-corrected chi connectivity index (χ0v) is 17.0. The fourth-order valence-electron chi connectivity index (χ4n) is 2.64. The lowest BCUT2D eigenvalue weighted by atomic mass is 10.2. The molecule has 2 N–H and O–H groups in total. The second-order valence-corrected chi connectivity index (χ2v) is 9.49. The lowest BCUT2D eigenvalue weighted by Gasteiger charge is -2.14. The van der Waals surface area contributed by atoms with Crippen molar-refractivity contribution in [2.75, 3.05) is 9.44 Å². The first-order chi connectivity index (χ1) is 14.0. The van der Waals surface area contributed by atoms with E-state index in [0.29, 0.717) is 0 Å². The van der Waals surface area contributed by atoms with E-state index in [2.05, 4.69) is 4.72 Å². The lowest BCUT2D eigenvalue weighted by Crippen LogP contribution is -2.18. The smallest absolute Gasteiger partial charge is 0.267 e. The molecule has 0 aliphatic heterocycles. The quantitative estimate of drug-likeness (QED) is 0.586. The highest BCUT2D eigenvalue weighted by atomic mass is 32.2. The number of hydrogen-bond donors (Lipinski definition) is 2. The molecule has 3 aromatic rings. The number of nitrogens with one attached hydrogen (secondary N) is 2. The molecule has 158 valence electrons. The zero-order chi connectivity index (χ0) is 22.1. The van der Waals surface area contributed by atoms with E-state index in [-0.39, 0.29) is 21.8 Å². The average Bonchev–Trinajstić information content (AvgIpc) is 2.64. The maximum atomic E-state index is 13.9. The Morgan fingerprint density at radius 1 is 0.700 bits per heavy atom. The number of aryl methyl sites for hydroxylation is 1.